The molecule has 0 aliphatic carbocycles. The quantitative estimate of drug-likeness (QED) is 0.887. The normalized spacial score (nSPS) is 17.5. The monoisotopic (exact) mass is 362 g/mol. The zero-order valence-electron chi connectivity index (χ0n) is 14.8. The van der Waals surface area contributed by atoms with E-state index >= 15 is 0 Å². The van der Waals surface area contributed by atoms with Crippen LogP contribution < -0.4 is 10.3 Å². The number of hydrogen-bond acceptors (Lipinski definition) is 5. The first-order valence-corrected chi connectivity index (χ1v) is 8.38. The molecule has 2 aromatic rings. The van der Waals surface area contributed by atoms with Crippen LogP contribution in [0.4, 0.5) is 14.6 Å². The van der Waals surface area contributed by atoms with Crippen LogP contribution in [-0.2, 0) is 4.79 Å². The van der Waals surface area contributed by atoms with Crippen molar-refractivity contribution in [3.05, 3.63) is 30.2 Å². The average Bonchev–Trinajstić information content (AvgIpc) is 3.03. The Kier molecular flexibility index (Phi) is 4.71. The highest BCUT2D eigenvalue weighted by atomic mass is 19.3. The molecule has 1 unspecified atom stereocenters. The van der Waals surface area contributed by atoms with Gasteiger partial charge in [0.2, 0.25) is 12.1 Å². The first-order chi connectivity index (χ1) is 12.3. The number of carbonyl (C=O) groups excluding carboxylic acids is 1. The summed E-state index contributed by atoms with van der Waals surface area (Å²) in [5.41, 5.74) is 1.21. The third-order valence-corrected chi connectivity index (χ3v) is 4.06. The van der Waals surface area contributed by atoms with Gasteiger partial charge in [0.15, 0.2) is 0 Å². The SMILES string of the molecule is CCC(=O)Nc1cc2c(cn1)cnn2N1C(CC)=CC=NC1C(C)(F)F. The molecule has 9 heteroatoms. The molecule has 0 aromatic carbocycles. The molecular formula is C17H20F2N6O. The van der Waals surface area contributed by atoms with Crippen molar-refractivity contribution in [2.24, 2.45) is 4.99 Å². The molecule has 3 heterocycles. The second-order valence-corrected chi connectivity index (χ2v) is 6.05. The first kappa shape index (κ1) is 18.0. The predicted molar refractivity (Wildman–Crippen MR) is 95.9 cm³/mol. The number of pyridine rings is 1. The number of allylic oxidation sites excluding steroid dienone is 2. The highest BCUT2D eigenvalue weighted by Crippen LogP contribution is 2.30. The van der Waals surface area contributed by atoms with Crippen molar-refractivity contribution in [3.63, 3.8) is 0 Å². The zero-order valence-corrected chi connectivity index (χ0v) is 14.8. The van der Waals surface area contributed by atoms with Crippen molar-refractivity contribution in [1.82, 2.24) is 14.9 Å². The number of hydrogen-bond donors (Lipinski definition) is 1. The standard InChI is InChI=1S/C17H20F2N6O/c1-4-12-6-7-20-16(17(3,18)19)24(12)25-13-8-14(23-15(26)5-2)21-9-11(13)10-22-25/h6-10,16H,4-5H2,1-3H3,(H,21,23,26). The molecular weight excluding hydrogens is 342 g/mol. The van der Waals surface area contributed by atoms with Gasteiger partial charge in [-0.25, -0.2) is 18.8 Å². The van der Waals surface area contributed by atoms with Crippen LogP contribution in [0.2, 0.25) is 0 Å². The van der Waals surface area contributed by atoms with Gasteiger partial charge in [0.1, 0.15) is 5.82 Å². The number of amides is 1. The van der Waals surface area contributed by atoms with Gasteiger partial charge in [0.05, 0.1) is 11.7 Å². The molecule has 0 saturated heterocycles. The van der Waals surface area contributed by atoms with Crippen molar-refractivity contribution >= 4 is 28.8 Å². The Morgan fingerprint density at radius 2 is 2.12 bits per heavy atom. The maximum absolute atomic E-state index is 14.2. The molecule has 0 radical (unpaired) electrons. The molecule has 2 aromatic heterocycles. The molecule has 7 nitrogen and oxygen atoms in total. The number of fused-ring (bicyclic) bond motifs is 1. The van der Waals surface area contributed by atoms with Gasteiger partial charge < -0.3 is 5.32 Å². The highest BCUT2D eigenvalue weighted by Gasteiger charge is 2.42. The maximum atomic E-state index is 14.2. The van der Waals surface area contributed by atoms with E-state index in [1.807, 2.05) is 6.92 Å². The lowest BCUT2D eigenvalue weighted by atomic mass is 10.2. The number of nitrogens with one attached hydrogen (secondary N) is 1. The van der Waals surface area contributed by atoms with Crippen molar-refractivity contribution < 1.29 is 13.6 Å². The number of aliphatic imine (C=N–C) groups is 1. The molecule has 1 aliphatic rings. The molecule has 1 N–H and O–H groups in total. The lowest BCUT2D eigenvalue weighted by Gasteiger charge is -2.37. The number of anilines is 1. The van der Waals surface area contributed by atoms with Crippen molar-refractivity contribution in [2.75, 3.05) is 10.3 Å². The highest BCUT2D eigenvalue weighted by molar-refractivity contribution is 5.91. The molecule has 1 atom stereocenters. The number of halogens is 2. The topological polar surface area (TPSA) is 75.4 Å². The summed E-state index contributed by atoms with van der Waals surface area (Å²) in [6, 6.07) is 1.62. The van der Waals surface area contributed by atoms with Crippen LogP contribution in [0.1, 0.15) is 33.6 Å². The fourth-order valence-electron chi connectivity index (χ4n) is 2.74. The number of carbonyl (C=O) groups is 1. The van der Waals surface area contributed by atoms with Gasteiger partial charge in [-0.2, -0.15) is 9.89 Å². The Labute approximate surface area is 149 Å². The van der Waals surface area contributed by atoms with Gasteiger partial charge >= 0.3 is 0 Å². The lowest BCUT2D eigenvalue weighted by Crippen LogP contribution is -2.52. The lowest BCUT2D eigenvalue weighted by molar-refractivity contribution is -0.115. The van der Waals surface area contributed by atoms with Crippen LogP contribution in [0.3, 0.4) is 0 Å². The Bertz CT molecular complexity index is 883. The largest absolute Gasteiger partial charge is 0.311 e. The molecule has 0 spiro atoms. The first-order valence-electron chi connectivity index (χ1n) is 8.38. The van der Waals surface area contributed by atoms with E-state index in [2.05, 4.69) is 20.4 Å². The minimum Gasteiger partial charge on any atom is -0.311 e. The van der Waals surface area contributed by atoms with Crippen molar-refractivity contribution in [3.8, 4) is 0 Å². The van der Waals surface area contributed by atoms with E-state index in [9.17, 15) is 13.6 Å². The Morgan fingerprint density at radius 1 is 1.35 bits per heavy atom. The Balaban J connectivity index is 2.09. The fourth-order valence-corrected chi connectivity index (χ4v) is 2.74. The molecule has 26 heavy (non-hydrogen) atoms. The number of rotatable bonds is 5. The molecule has 0 saturated carbocycles. The molecule has 1 aliphatic heterocycles. The molecule has 3 rings (SSSR count). The van der Waals surface area contributed by atoms with Crippen molar-refractivity contribution in [1.29, 1.82) is 0 Å². The smallest absolute Gasteiger partial charge is 0.286 e. The number of aromatic nitrogens is 3. The summed E-state index contributed by atoms with van der Waals surface area (Å²) in [4.78, 5) is 21.1. The summed E-state index contributed by atoms with van der Waals surface area (Å²) >= 11 is 0. The van der Waals surface area contributed by atoms with E-state index in [-0.39, 0.29) is 5.91 Å². The van der Waals surface area contributed by atoms with Crippen LogP contribution in [0, 0.1) is 0 Å². The summed E-state index contributed by atoms with van der Waals surface area (Å²) in [6.07, 6.45) is 5.62. The fraction of sp³-hybridized carbons (Fsp3) is 0.412. The molecule has 1 amide bonds. The van der Waals surface area contributed by atoms with Crippen LogP contribution in [0.5, 0.6) is 0 Å². The summed E-state index contributed by atoms with van der Waals surface area (Å²) < 4.78 is 28.3. The van der Waals surface area contributed by atoms with E-state index in [4.69, 9.17) is 0 Å². The second-order valence-electron chi connectivity index (χ2n) is 6.05. The van der Waals surface area contributed by atoms with Crippen LogP contribution in [0.15, 0.2) is 35.2 Å². The summed E-state index contributed by atoms with van der Waals surface area (Å²) in [5.74, 6) is -2.92. The Hall–Kier alpha value is -2.84. The van der Waals surface area contributed by atoms with E-state index in [0.717, 1.165) is 6.92 Å². The minimum atomic E-state index is -3.07. The maximum Gasteiger partial charge on any atom is 0.286 e. The third-order valence-electron chi connectivity index (χ3n) is 4.06. The molecule has 0 fully saturated rings. The summed E-state index contributed by atoms with van der Waals surface area (Å²) in [5, 5.41) is 8.98. The third kappa shape index (κ3) is 3.29. The number of alkyl halides is 2. The van der Waals surface area contributed by atoms with Gasteiger partial charge in [-0.1, -0.05) is 13.8 Å². The summed E-state index contributed by atoms with van der Waals surface area (Å²) in [7, 11) is 0. The molecule has 138 valence electrons. The zero-order chi connectivity index (χ0) is 18.9. The summed E-state index contributed by atoms with van der Waals surface area (Å²) in [6.45, 7) is 4.44. The van der Waals surface area contributed by atoms with Crippen LogP contribution in [-0.4, -0.2) is 39.1 Å². The van der Waals surface area contributed by atoms with Gasteiger partial charge in [0.25, 0.3) is 5.92 Å². The predicted octanol–water partition coefficient (Wildman–Crippen LogP) is 3.08. The van der Waals surface area contributed by atoms with Gasteiger partial charge in [-0.05, 0) is 12.5 Å². The molecule has 0 bridgehead atoms. The van der Waals surface area contributed by atoms with Gasteiger partial charge in [-0.15, -0.1) is 0 Å². The van der Waals surface area contributed by atoms with Crippen molar-refractivity contribution in [2.45, 2.75) is 45.7 Å². The van der Waals surface area contributed by atoms with E-state index in [1.165, 1.54) is 16.0 Å². The van der Waals surface area contributed by atoms with Crippen LogP contribution >= 0.6 is 0 Å². The van der Waals surface area contributed by atoms with Gasteiger partial charge in [0, 0.05) is 42.9 Å². The van der Waals surface area contributed by atoms with E-state index in [1.54, 1.807) is 31.5 Å². The van der Waals surface area contributed by atoms with Gasteiger partial charge in [-0.3, -0.25) is 9.79 Å². The number of nitrogens with zero attached hydrogens (tertiary/aromatic N) is 5. The Morgan fingerprint density at radius 3 is 2.77 bits per heavy atom. The second kappa shape index (κ2) is 6.81. The van der Waals surface area contributed by atoms with E-state index < -0.39 is 12.1 Å². The van der Waals surface area contributed by atoms with E-state index in [0.29, 0.717) is 35.3 Å². The minimum absolute atomic E-state index is 0.183. The van der Waals surface area contributed by atoms with Crippen LogP contribution in [0.25, 0.3) is 10.9 Å². The average molecular weight is 362 g/mol.